The molecule has 1 heterocycles. The first kappa shape index (κ1) is 31.1. The number of primary amides is 1. The maximum Gasteiger partial charge on any atom is 0.251 e. The Balaban J connectivity index is 1.67. The molecular formula is C30H45N5O5. The van der Waals surface area contributed by atoms with E-state index < -0.39 is 29.9 Å². The van der Waals surface area contributed by atoms with Gasteiger partial charge in [-0.15, -0.1) is 0 Å². The Bertz CT molecular complexity index is 1050. The van der Waals surface area contributed by atoms with Crippen LogP contribution in [0.3, 0.4) is 0 Å². The van der Waals surface area contributed by atoms with Crippen LogP contribution in [-0.2, 0) is 25.6 Å². The van der Waals surface area contributed by atoms with Crippen molar-refractivity contribution in [3.63, 3.8) is 0 Å². The van der Waals surface area contributed by atoms with Crippen LogP contribution in [0.5, 0.6) is 0 Å². The molecule has 0 unspecified atom stereocenters. The van der Waals surface area contributed by atoms with Crippen molar-refractivity contribution in [3.05, 3.63) is 35.4 Å². The van der Waals surface area contributed by atoms with E-state index in [0.717, 1.165) is 44.1 Å². The van der Waals surface area contributed by atoms with Gasteiger partial charge in [0.15, 0.2) is 0 Å². The number of nitrogens with one attached hydrogen (secondary N) is 3. The van der Waals surface area contributed by atoms with Crippen molar-refractivity contribution < 1.29 is 24.0 Å². The summed E-state index contributed by atoms with van der Waals surface area (Å²) in [7, 11) is 0. The summed E-state index contributed by atoms with van der Waals surface area (Å²) >= 11 is 0. The van der Waals surface area contributed by atoms with Gasteiger partial charge in [0.1, 0.15) is 18.1 Å². The Morgan fingerprint density at radius 2 is 1.62 bits per heavy atom. The van der Waals surface area contributed by atoms with Crippen LogP contribution >= 0.6 is 0 Å². The monoisotopic (exact) mass is 555 g/mol. The van der Waals surface area contributed by atoms with Crippen LogP contribution in [-0.4, -0.2) is 65.7 Å². The van der Waals surface area contributed by atoms with Gasteiger partial charge in [0.25, 0.3) is 5.91 Å². The normalized spacial score (nSPS) is 19.8. The van der Waals surface area contributed by atoms with Gasteiger partial charge in [-0.3, -0.25) is 24.0 Å². The molecule has 1 aromatic rings. The zero-order valence-electron chi connectivity index (χ0n) is 24.0. The van der Waals surface area contributed by atoms with Gasteiger partial charge in [-0.05, 0) is 62.1 Å². The summed E-state index contributed by atoms with van der Waals surface area (Å²) < 4.78 is 0. The highest BCUT2D eigenvalue weighted by Crippen LogP contribution is 2.29. The first-order chi connectivity index (χ1) is 19.2. The fraction of sp³-hybridized carbons (Fsp3) is 0.633. The second-order valence-corrected chi connectivity index (χ2v) is 11.1. The van der Waals surface area contributed by atoms with Crippen molar-refractivity contribution >= 4 is 29.5 Å². The molecule has 0 radical (unpaired) electrons. The number of hydrogen-bond donors (Lipinski definition) is 4. The number of carbonyl (C=O) groups is 5. The fourth-order valence-corrected chi connectivity index (χ4v) is 5.49. The number of aryl methyl sites for hydroxylation is 1. The molecule has 2 fully saturated rings. The lowest BCUT2D eigenvalue weighted by atomic mass is 9.83. The van der Waals surface area contributed by atoms with E-state index in [4.69, 9.17) is 5.73 Å². The fourth-order valence-electron chi connectivity index (χ4n) is 5.49. The summed E-state index contributed by atoms with van der Waals surface area (Å²) in [6.45, 7) is 6.01. The lowest BCUT2D eigenvalue weighted by molar-refractivity contribution is -0.144. The highest BCUT2D eigenvalue weighted by atomic mass is 16.2. The standard InChI is InChI=1S/C30H45N5O5/c1-4-19(3)27(37)34-25(21-10-7-6-8-11-21)30(40)35-17-9-12-24(35)29(39)33-23(26(31)36)18-32-28(38)22-15-13-20(5-2)14-16-22/h13-16,19,21,23-25H,4-12,17-18H2,1-3H3,(H2,31,36)(H,32,38)(H,33,39)(H,34,37)/t19-,23+,24+,25+/m1/s1. The number of carbonyl (C=O) groups excluding carboxylic acids is 5. The minimum absolute atomic E-state index is 0.0264. The molecule has 5 N–H and O–H groups in total. The lowest BCUT2D eigenvalue weighted by Gasteiger charge is -2.35. The lowest BCUT2D eigenvalue weighted by Crippen LogP contribution is -2.59. The third kappa shape index (κ3) is 8.05. The minimum atomic E-state index is -1.14. The number of hydrogen-bond acceptors (Lipinski definition) is 5. The second kappa shape index (κ2) is 14.8. The van der Waals surface area contributed by atoms with Gasteiger partial charge in [-0.2, -0.15) is 0 Å². The first-order valence-electron chi connectivity index (χ1n) is 14.7. The average molecular weight is 556 g/mol. The third-order valence-electron chi connectivity index (χ3n) is 8.33. The summed E-state index contributed by atoms with van der Waals surface area (Å²) in [5.74, 6) is -2.25. The van der Waals surface area contributed by atoms with Crippen molar-refractivity contribution in [1.29, 1.82) is 0 Å². The topological polar surface area (TPSA) is 151 Å². The van der Waals surface area contributed by atoms with Crippen LogP contribution in [0.2, 0.25) is 0 Å². The first-order valence-corrected chi connectivity index (χ1v) is 14.7. The van der Waals surface area contributed by atoms with E-state index in [0.29, 0.717) is 31.4 Å². The Labute approximate surface area is 237 Å². The summed E-state index contributed by atoms with van der Waals surface area (Å²) in [5, 5.41) is 8.31. The molecule has 1 saturated heterocycles. The summed E-state index contributed by atoms with van der Waals surface area (Å²) in [4.78, 5) is 66.2. The van der Waals surface area contributed by atoms with Crippen molar-refractivity contribution in [2.24, 2.45) is 17.6 Å². The largest absolute Gasteiger partial charge is 0.368 e. The van der Waals surface area contributed by atoms with Gasteiger partial charge in [0.05, 0.1) is 0 Å². The SMILES string of the molecule is CCc1ccc(C(=O)NC[C@H](NC(=O)[C@@H]2CCCN2C(=O)[C@@H](NC(=O)[C@H](C)CC)C2CCCCC2)C(N)=O)cc1. The summed E-state index contributed by atoms with van der Waals surface area (Å²) in [6, 6.07) is 4.54. The predicted molar refractivity (Wildman–Crippen MR) is 152 cm³/mol. The maximum absolute atomic E-state index is 13.8. The van der Waals surface area contributed by atoms with Crippen LogP contribution in [0.25, 0.3) is 0 Å². The molecule has 40 heavy (non-hydrogen) atoms. The zero-order valence-corrected chi connectivity index (χ0v) is 24.0. The quantitative estimate of drug-likeness (QED) is 0.311. The van der Waals surface area contributed by atoms with Crippen LogP contribution in [0.1, 0.15) is 88.1 Å². The highest BCUT2D eigenvalue weighted by molar-refractivity contribution is 5.96. The summed E-state index contributed by atoms with van der Waals surface area (Å²) in [5.41, 5.74) is 7.08. The number of nitrogens with zero attached hydrogens (tertiary/aromatic N) is 1. The van der Waals surface area contributed by atoms with Gasteiger partial charge in [0, 0.05) is 24.6 Å². The van der Waals surface area contributed by atoms with Crippen molar-refractivity contribution in [2.45, 2.75) is 96.7 Å². The number of likely N-dealkylation sites (tertiary alicyclic amines) is 1. The molecule has 1 saturated carbocycles. The zero-order chi connectivity index (χ0) is 29.2. The molecule has 0 bridgehead atoms. The molecule has 4 atom stereocenters. The second-order valence-electron chi connectivity index (χ2n) is 11.1. The van der Waals surface area contributed by atoms with E-state index >= 15 is 0 Å². The van der Waals surface area contributed by atoms with Gasteiger partial charge < -0.3 is 26.6 Å². The van der Waals surface area contributed by atoms with E-state index in [1.54, 1.807) is 12.1 Å². The predicted octanol–water partition coefficient (Wildman–Crippen LogP) is 2.05. The maximum atomic E-state index is 13.8. The molecule has 0 spiro atoms. The molecule has 1 aromatic carbocycles. The van der Waals surface area contributed by atoms with Gasteiger partial charge in [0.2, 0.25) is 23.6 Å². The van der Waals surface area contributed by atoms with Gasteiger partial charge >= 0.3 is 0 Å². The molecule has 10 nitrogen and oxygen atoms in total. The average Bonchev–Trinajstić information content (AvgIpc) is 3.47. The molecule has 220 valence electrons. The Kier molecular flexibility index (Phi) is 11.5. The van der Waals surface area contributed by atoms with E-state index in [1.807, 2.05) is 32.9 Å². The molecular weight excluding hydrogens is 510 g/mol. The highest BCUT2D eigenvalue weighted by Gasteiger charge is 2.41. The van der Waals surface area contributed by atoms with E-state index in [2.05, 4.69) is 16.0 Å². The molecule has 10 heteroatoms. The number of nitrogens with two attached hydrogens (primary N) is 1. The Hall–Kier alpha value is -3.43. The van der Waals surface area contributed by atoms with Crippen LogP contribution in [0, 0.1) is 11.8 Å². The van der Waals surface area contributed by atoms with E-state index in [9.17, 15) is 24.0 Å². The van der Waals surface area contributed by atoms with Gasteiger partial charge in [-0.1, -0.05) is 52.2 Å². The Morgan fingerprint density at radius 1 is 0.950 bits per heavy atom. The third-order valence-corrected chi connectivity index (χ3v) is 8.33. The van der Waals surface area contributed by atoms with Crippen LogP contribution in [0.15, 0.2) is 24.3 Å². The van der Waals surface area contributed by atoms with Crippen LogP contribution in [0.4, 0.5) is 0 Å². The minimum Gasteiger partial charge on any atom is -0.368 e. The molecule has 1 aliphatic carbocycles. The van der Waals surface area contributed by atoms with Crippen molar-refractivity contribution in [3.8, 4) is 0 Å². The number of rotatable bonds is 12. The van der Waals surface area contributed by atoms with Crippen molar-refractivity contribution in [2.75, 3.05) is 13.1 Å². The molecule has 2 aliphatic rings. The smallest absolute Gasteiger partial charge is 0.251 e. The molecule has 1 aliphatic heterocycles. The van der Waals surface area contributed by atoms with E-state index in [-0.39, 0.29) is 36.1 Å². The Morgan fingerprint density at radius 3 is 2.23 bits per heavy atom. The number of amides is 5. The van der Waals surface area contributed by atoms with Gasteiger partial charge in [-0.25, -0.2) is 0 Å². The van der Waals surface area contributed by atoms with Crippen molar-refractivity contribution in [1.82, 2.24) is 20.9 Å². The molecule has 5 amide bonds. The molecule has 0 aromatic heterocycles. The molecule has 3 rings (SSSR count). The number of benzene rings is 1. The summed E-state index contributed by atoms with van der Waals surface area (Å²) in [6.07, 6.45) is 7.42. The van der Waals surface area contributed by atoms with Crippen LogP contribution < -0.4 is 21.7 Å². The van der Waals surface area contributed by atoms with E-state index in [1.165, 1.54) is 4.90 Å².